The molecule has 1 fully saturated rings. The zero-order valence-electron chi connectivity index (χ0n) is 10.6. The standard InChI is InChI=1S/C14H21NO2/c1-11-3-12(2)5-13(4-11)6-15-7-14(8-16)9-17-10-14/h3-5,15-16H,6-10H2,1-2H3. The molecule has 1 aliphatic rings. The van der Waals surface area contributed by atoms with Gasteiger partial charge in [0.2, 0.25) is 0 Å². The van der Waals surface area contributed by atoms with Crippen LogP contribution in [0.1, 0.15) is 16.7 Å². The maximum Gasteiger partial charge on any atom is 0.0579 e. The molecule has 17 heavy (non-hydrogen) atoms. The summed E-state index contributed by atoms with van der Waals surface area (Å²) in [6.45, 7) is 7.44. The lowest BCUT2D eigenvalue weighted by Gasteiger charge is -2.40. The lowest BCUT2D eigenvalue weighted by molar-refractivity contribution is -0.134. The Bertz CT molecular complexity index is 360. The van der Waals surface area contributed by atoms with Crippen LogP contribution in [0.15, 0.2) is 18.2 Å². The second-order valence-electron chi connectivity index (χ2n) is 5.25. The molecule has 1 aromatic rings. The zero-order valence-corrected chi connectivity index (χ0v) is 10.6. The van der Waals surface area contributed by atoms with E-state index in [4.69, 9.17) is 4.74 Å². The third kappa shape index (κ3) is 3.06. The topological polar surface area (TPSA) is 41.5 Å². The summed E-state index contributed by atoms with van der Waals surface area (Å²) < 4.78 is 5.17. The third-order valence-electron chi connectivity index (χ3n) is 3.26. The highest BCUT2D eigenvalue weighted by atomic mass is 16.5. The summed E-state index contributed by atoms with van der Waals surface area (Å²) >= 11 is 0. The Morgan fingerprint density at radius 1 is 1.24 bits per heavy atom. The summed E-state index contributed by atoms with van der Waals surface area (Å²) in [6, 6.07) is 6.57. The molecule has 0 spiro atoms. The molecule has 2 N–H and O–H groups in total. The minimum Gasteiger partial charge on any atom is -0.396 e. The SMILES string of the molecule is Cc1cc(C)cc(CNCC2(CO)COC2)c1. The van der Waals surface area contributed by atoms with Crippen LogP contribution >= 0.6 is 0 Å². The Morgan fingerprint density at radius 2 is 1.88 bits per heavy atom. The number of nitrogens with one attached hydrogen (secondary N) is 1. The summed E-state index contributed by atoms with van der Waals surface area (Å²) in [6.07, 6.45) is 0. The van der Waals surface area contributed by atoms with Crippen LogP contribution in [0.3, 0.4) is 0 Å². The highest BCUT2D eigenvalue weighted by Crippen LogP contribution is 2.25. The van der Waals surface area contributed by atoms with Gasteiger partial charge in [-0.3, -0.25) is 0 Å². The van der Waals surface area contributed by atoms with Crippen molar-refractivity contribution in [3.05, 3.63) is 34.9 Å². The van der Waals surface area contributed by atoms with Gasteiger partial charge in [0.25, 0.3) is 0 Å². The fourth-order valence-corrected chi connectivity index (χ4v) is 2.28. The van der Waals surface area contributed by atoms with Crippen molar-refractivity contribution in [2.24, 2.45) is 5.41 Å². The molecule has 0 atom stereocenters. The van der Waals surface area contributed by atoms with E-state index in [0.717, 1.165) is 13.1 Å². The average Bonchev–Trinajstić information content (AvgIpc) is 2.20. The zero-order chi connectivity index (χ0) is 12.3. The second-order valence-corrected chi connectivity index (χ2v) is 5.25. The van der Waals surface area contributed by atoms with Crippen molar-refractivity contribution in [1.82, 2.24) is 5.32 Å². The fraction of sp³-hybridized carbons (Fsp3) is 0.571. The van der Waals surface area contributed by atoms with Crippen molar-refractivity contribution in [2.45, 2.75) is 20.4 Å². The number of ether oxygens (including phenoxy) is 1. The smallest absolute Gasteiger partial charge is 0.0579 e. The number of hydrogen-bond donors (Lipinski definition) is 2. The number of rotatable bonds is 5. The molecule has 0 saturated carbocycles. The number of benzene rings is 1. The highest BCUT2D eigenvalue weighted by Gasteiger charge is 2.37. The summed E-state index contributed by atoms with van der Waals surface area (Å²) in [5, 5.41) is 12.7. The molecular formula is C14H21NO2. The minimum atomic E-state index is -0.0428. The Kier molecular flexibility index (Phi) is 3.82. The van der Waals surface area contributed by atoms with Crippen molar-refractivity contribution in [3.8, 4) is 0 Å². The number of aliphatic hydroxyl groups excluding tert-OH is 1. The predicted molar refractivity (Wildman–Crippen MR) is 68.0 cm³/mol. The maximum atomic E-state index is 9.30. The fourth-order valence-electron chi connectivity index (χ4n) is 2.28. The molecular weight excluding hydrogens is 214 g/mol. The van der Waals surface area contributed by atoms with E-state index in [0.29, 0.717) is 13.2 Å². The summed E-state index contributed by atoms with van der Waals surface area (Å²) in [7, 11) is 0. The van der Waals surface area contributed by atoms with Crippen LogP contribution in [0.2, 0.25) is 0 Å². The van der Waals surface area contributed by atoms with Crippen molar-refractivity contribution < 1.29 is 9.84 Å². The molecule has 3 nitrogen and oxygen atoms in total. The summed E-state index contributed by atoms with van der Waals surface area (Å²) in [5.41, 5.74) is 3.85. The molecule has 0 radical (unpaired) electrons. The van der Waals surface area contributed by atoms with E-state index < -0.39 is 0 Å². The molecule has 0 aliphatic carbocycles. The van der Waals surface area contributed by atoms with Crippen LogP contribution < -0.4 is 5.32 Å². The second kappa shape index (κ2) is 5.17. The first-order valence-electron chi connectivity index (χ1n) is 6.10. The van der Waals surface area contributed by atoms with E-state index in [2.05, 4.69) is 37.4 Å². The Morgan fingerprint density at radius 3 is 2.35 bits per heavy atom. The molecule has 3 heteroatoms. The molecule has 0 amide bonds. The van der Waals surface area contributed by atoms with Gasteiger partial charge >= 0.3 is 0 Å². The van der Waals surface area contributed by atoms with Gasteiger partial charge in [-0.1, -0.05) is 29.3 Å². The maximum absolute atomic E-state index is 9.30. The molecule has 1 aromatic carbocycles. The van der Waals surface area contributed by atoms with Crippen LogP contribution in [0.4, 0.5) is 0 Å². The van der Waals surface area contributed by atoms with Gasteiger partial charge in [0.15, 0.2) is 0 Å². The number of aliphatic hydroxyl groups is 1. The highest BCUT2D eigenvalue weighted by molar-refractivity contribution is 5.28. The molecule has 1 saturated heterocycles. The molecule has 1 heterocycles. The van der Waals surface area contributed by atoms with Crippen molar-refractivity contribution >= 4 is 0 Å². The Hall–Kier alpha value is -0.900. The van der Waals surface area contributed by atoms with E-state index in [1.807, 2.05) is 0 Å². The molecule has 0 bridgehead atoms. The average molecular weight is 235 g/mol. The third-order valence-corrected chi connectivity index (χ3v) is 3.26. The largest absolute Gasteiger partial charge is 0.396 e. The van der Waals surface area contributed by atoms with Gasteiger partial charge in [0.05, 0.1) is 25.2 Å². The van der Waals surface area contributed by atoms with E-state index in [-0.39, 0.29) is 12.0 Å². The first-order valence-corrected chi connectivity index (χ1v) is 6.10. The lowest BCUT2D eigenvalue weighted by atomic mass is 9.87. The van der Waals surface area contributed by atoms with Crippen molar-refractivity contribution in [3.63, 3.8) is 0 Å². The van der Waals surface area contributed by atoms with Gasteiger partial charge in [0, 0.05) is 13.1 Å². The van der Waals surface area contributed by atoms with E-state index in [1.54, 1.807) is 0 Å². The van der Waals surface area contributed by atoms with Crippen LogP contribution in [-0.2, 0) is 11.3 Å². The van der Waals surface area contributed by atoms with E-state index in [1.165, 1.54) is 16.7 Å². The lowest BCUT2D eigenvalue weighted by Crippen LogP contribution is -2.52. The predicted octanol–water partition coefficient (Wildman–Crippen LogP) is 1.40. The molecule has 0 unspecified atom stereocenters. The Balaban J connectivity index is 1.85. The quantitative estimate of drug-likeness (QED) is 0.810. The minimum absolute atomic E-state index is 0.0428. The Labute approximate surface area is 103 Å². The van der Waals surface area contributed by atoms with Crippen LogP contribution in [0, 0.1) is 19.3 Å². The number of hydrogen-bond acceptors (Lipinski definition) is 3. The number of aryl methyl sites for hydroxylation is 2. The van der Waals surface area contributed by atoms with E-state index >= 15 is 0 Å². The van der Waals surface area contributed by atoms with Crippen molar-refractivity contribution in [1.29, 1.82) is 0 Å². The first kappa shape index (κ1) is 12.6. The van der Waals surface area contributed by atoms with Crippen molar-refractivity contribution in [2.75, 3.05) is 26.4 Å². The van der Waals surface area contributed by atoms with Gasteiger partial charge in [-0.25, -0.2) is 0 Å². The van der Waals surface area contributed by atoms with Gasteiger partial charge in [-0.05, 0) is 19.4 Å². The van der Waals surface area contributed by atoms with Crippen LogP contribution in [0.25, 0.3) is 0 Å². The van der Waals surface area contributed by atoms with Crippen LogP contribution in [0.5, 0.6) is 0 Å². The van der Waals surface area contributed by atoms with Gasteiger partial charge < -0.3 is 15.2 Å². The van der Waals surface area contributed by atoms with Crippen LogP contribution in [-0.4, -0.2) is 31.5 Å². The monoisotopic (exact) mass is 235 g/mol. The molecule has 0 aromatic heterocycles. The summed E-state index contributed by atoms with van der Waals surface area (Å²) in [4.78, 5) is 0. The summed E-state index contributed by atoms with van der Waals surface area (Å²) in [5.74, 6) is 0. The first-order chi connectivity index (χ1) is 8.13. The molecule has 94 valence electrons. The normalized spacial score (nSPS) is 17.8. The molecule has 1 aliphatic heterocycles. The molecule has 2 rings (SSSR count). The van der Waals surface area contributed by atoms with E-state index in [9.17, 15) is 5.11 Å². The van der Waals surface area contributed by atoms with Gasteiger partial charge in [0.1, 0.15) is 0 Å². The van der Waals surface area contributed by atoms with Gasteiger partial charge in [-0.2, -0.15) is 0 Å². The van der Waals surface area contributed by atoms with Gasteiger partial charge in [-0.15, -0.1) is 0 Å².